The lowest BCUT2D eigenvalue weighted by atomic mass is 10.2. The number of furan rings is 1. The molecule has 3 atom stereocenters. The molecule has 6 heteroatoms. The van der Waals surface area contributed by atoms with Crippen LogP contribution in [0.15, 0.2) is 45.3 Å². The van der Waals surface area contributed by atoms with Gasteiger partial charge in [-0.15, -0.1) is 0 Å². The highest BCUT2D eigenvalue weighted by Gasteiger charge is 2.36. The molecule has 1 aliphatic carbocycles. The molecule has 0 radical (unpaired) electrons. The van der Waals surface area contributed by atoms with Gasteiger partial charge in [-0.3, -0.25) is 5.32 Å². The highest BCUT2D eigenvalue weighted by molar-refractivity contribution is 5.56. The fraction of sp³-hybridized carbons (Fsp3) is 0.400. The van der Waals surface area contributed by atoms with Crippen LogP contribution in [-0.4, -0.2) is 17.3 Å². The molecule has 0 aliphatic heterocycles. The Bertz CT molecular complexity index is 886. The van der Waals surface area contributed by atoms with Crippen molar-refractivity contribution in [1.29, 1.82) is 0 Å². The lowest BCUT2D eigenvalue weighted by molar-refractivity contribution is 0.332. The Morgan fingerprint density at radius 3 is 2.92 bits per heavy atom. The van der Waals surface area contributed by atoms with Crippen LogP contribution in [0.2, 0.25) is 0 Å². The van der Waals surface area contributed by atoms with E-state index in [9.17, 15) is 0 Å². The van der Waals surface area contributed by atoms with Crippen LogP contribution in [0.4, 0.5) is 0 Å². The van der Waals surface area contributed by atoms with Gasteiger partial charge >= 0.3 is 0 Å². The zero-order valence-electron chi connectivity index (χ0n) is 15.2. The number of nitrogens with one attached hydrogen (secondary N) is 1. The van der Waals surface area contributed by atoms with E-state index in [4.69, 9.17) is 13.7 Å². The smallest absolute Gasteiger partial charge is 0.243 e. The lowest BCUT2D eigenvalue weighted by Crippen LogP contribution is -2.18. The minimum Gasteiger partial charge on any atom is -0.497 e. The van der Waals surface area contributed by atoms with E-state index in [1.54, 1.807) is 7.11 Å². The maximum absolute atomic E-state index is 5.92. The number of benzene rings is 1. The molecule has 0 amide bonds. The number of rotatable bonds is 7. The van der Waals surface area contributed by atoms with Gasteiger partial charge in [0.25, 0.3) is 0 Å². The Balaban J connectivity index is 1.38. The number of hydrogen-bond donors (Lipinski definition) is 1. The summed E-state index contributed by atoms with van der Waals surface area (Å²) in [6.07, 6.45) is 1.23. The van der Waals surface area contributed by atoms with Crippen LogP contribution >= 0.6 is 0 Å². The van der Waals surface area contributed by atoms with Gasteiger partial charge in [-0.1, -0.05) is 24.2 Å². The SMILES string of the molecule is COc1cccc(-c2noc(C(C)NCc3ccc(C4CC4C)o3)n2)c1. The topological polar surface area (TPSA) is 73.3 Å². The fourth-order valence-electron chi connectivity index (χ4n) is 3.04. The van der Waals surface area contributed by atoms with Crippen molar-refractivity contribution >= 4 is 0 Å². The van der Waals surface area contributed by atoms with Gasteiger partial charge in [-0.25, -0.2) is 0 Å². The van der Waals surface area contributed by atoms with Crippen molar-refractivity contribution in [3.05, 3.63) is 53.8 Å². The zero-order valence-corrected chi connectivity index (χ0v) is 15.2. The number of hydrogen-bond acceptors (Lipinski definition) is 6. The van der Waals surface area contributed by atoms with E-state index >= 15 is 0 Å². The Labute approximate surface area is 152 Å². The normalized spacial score (nSPS) is 20.1. The molecule has 2 heterocycles. The standard InChI is InChI=1S/C20H23N3O3/c1-12-9-17(12)18-8-7-16(25-18)11-21-13(2)20-22-19(23-26-20)14-5-4-6-15(10-14)24-3/h4-8,10,12-13,17,21H,9,11H2,1-3H3. The van der Waals surface area contributed by atoms with Gasteiger partial charge in [-0.05, 0) is 43.5 Å². The van der Waals surface area contributed by atoms with E-state index in [2.05, 4.69) is 28.4 Å². The van der Waals surface area contributed by atoms with E-state index in [0.29, 0.717) is 24.2 Å². The largest absolute Gasteiger partial charge is 0.497 e. The van der Waals surface area contributed by atoms with Gasteiger partial charge in [0.2, 0.25) is 11.7 Å². The summed E-state index contributed by atoms with van der Waals surface area (Å²) < 4.78 is 16.6. The van der Waals surface area contributed by atoms with E-state index in [1.165, 1.54) is 6.42 Å². The van der Waals surface area contributed by atoms with Gasteiger partial charge in [0.05, 0.1) is 19.7 Å². The van der Waals surface area contributed by atoms with Crippen LogP contribution in [0.25, 0.3) is 11.4 Å². The van der Waals surface area contributed by atoms with Crippen molar-refractivity contribution in [3.8, 4) is 17.1 Å². The van der Waals surface area contributed by atoms with E-state index < -0.39 is 0 Å². The highest BCUT2D eigenvalue weighted by Crippen LogP contribution is 2.47. The third-order valence-electron chi connectivity index (χ3n) is 4.88. The first kappa shape index (κ1) is 16.8. The molecule has 2 aromatic heterocycles. The summed E-state index contributed by atoms with van der Waals surface area (Å²) in [5.41, 5.74) is 0.862. The van der Waals surface area contributed by atoms with Gasteiger partial charge in [0.1, 0.15) is 17.3 Å². The van der Waals surface area contributed by atoms with Crippen LogP contribution in [-0.2, 0) is 6.54 Å². The Hall–Kier alpha value is -2.60. The summed E-state index contributed by atoms with van der Waals surface area (Å²) in [5, 5.41) is 7.45. The molecule has 3 unspecified atom stereocenters. The van der Waals surface area contributed by atoms with Crippen molar-refractivity contribution in [2.75, 3.05) is 7.11 Å². The Morgan fingerprint density at radius 2 is 2.15 bits per heavy atom. The second-order valence-corrected chi connectivity index (χ2v) is 6.91. The van der Waals surface area contributed by atoms with Crippen LogP contribution in [0.5, 0.6) is 5.75 Å². The van der Waals surface area contributed by atoms with Gasteiger partial charge in [0, 0.05) is 11.5 Å². The van der Waals surface area contributed by atoms with Gasteiger partial charge < -0.3 is 13.7 Å². The summed E-state index contributed by atoms with van der Waals surface area (Å²) >= 11 is 0. The maximum Gasteiger partial charge on any atom is 0.243 e. The van der Waals surface area contributed by atoms with Crippen LogP contribution in [0.1, 0.15) is 49.6 Å². The number of ether oxygens (including phenoxy) is 1. The summed E-state index contributed by atoms with van der Waals surface area (Å²) in [6.45, 7) is 4.87. The predicted octanol–water partition coefficient (Wildman–Crippen LogP) is 4.31. The molecule has 1 N–H and O–H groups in total. The van der Waals surface area contributed by atoms with E-state index in [-0.39, 0.29) is 6.04 Å². The van der Waals surface area contributed by atoms with Crippen molar-refractivity contribution in [2.24, 2.45) is 5.92 Å². The van der Waals surface area contributed by atoms with Crippen LogP contribution in [0.3, 0.4) is 0 Å². The quantitative estimate of drug-likeness (QED) is 0.682. The van der Waals surface area contributed by atoms with E-state index in [1.807, 2.05) is 37.3 Å². The molecule has 1 aliphatic rings. The highest BCUT2D eigenvalue weighted by atomic mass is 16.5. The maximum atomic E-state index is 5.92. The Morgan fingerprint density at radius 1 is 1.31 bits per heavy atom. The van der Waals surface area contributed by atoms with Crippen LogP contribution < -0.4 is 10.1 Å². The molecule has 1 fully saturated rings. The monoisotopic (exact) mass is 353 g/mol. The average molecular weight is 353 g/mol. The summed E-state index contributed by atoms with van der Waals surface area (Å²) in [6, 6.07) is 11.7. The summed E-state index contributed by atoms with van der Waals surface area (Å²) in [4.78, 5) is 4.50. The third-order valence-corrected chi connectivity index (χ3v) is 4.88. The second-order valence-electron chi connectivity index (χ2n) is 6.91. The minimum absolute atomic E-state index is 0.0738. The molecule has 3 aromatic rings. The molecular formula is C20H23N3O3. The molecule has 4 rings (SSSR count). The number of nitrogens with zero attached hydrogens (tertiary/aromatic N) is 2. The first-order chi connectivity index (χ1) is 12.6. The average Bonchev–Trinajstić information content (AvgIpc) is 3.09. The van der Waals surface area contributed by atoms with E-state index in [0.717, 1.165) is 28.8 Å². The molecule has 0 saturated heterocycles. The first-order valence-corrected chi connectivity index (χ1v) is 8.94. The molecule has 136 valence electrons. The molecule has 6 nitrogen and oxygen atoms in total. The van der Waals surface area contributed by atoms with Gasteiger partial charge in [0.15, 0.2) is 0 Å². The predicted molar refractivity (Wildman–Crippen MR) is 96.8 cm³/mol. The fourth-order valence-corrected chi connectivity index (χ4v) is 3.04. The van der Waals surface area contributed by atoms with Crippen molar-refractivity contribution < 1.29 is 13.7 Å². The van der Waals surface area contributed by atoms with Crippen molar-refractivity contribution in [2.45, 2.75) is 38.8 Å². The third kappa shape index (κ3) is 3.51. The molecular weight excluding hydrogens is 330 g/mol. The van der Waals surface area contributed by atoms with Crippen LogP contribution in [0, 0.1) is 5.92 Å². The number of aromatic nitrogens is 2. The zero-order chi connectivity index (χ0) is 18.1. The Kier molecular flexibility index (Phi) is 4.51. The molecule has 0 spiro atoms. The van der Waals surface area contributed by atoms with Crippen molar-refractivity contribution in [3.63, 3.8) is 0 Å². The second kappa shape index (κ2) is 6.96. The minimum atomic E-state index is -0.0738. The molecule has 0 bridgehead atoms. The summed E-state index contributed by atoms with van der Waals surface area (Å²) in [7, 11) is 1.64. The summed E-state index contributed by atoms with van der Waals surface area (Å²) in [5.74, 6) is 5.23. The molecule has 1 aromatic carbocycles. The molecule has 26 heavy (non-hydrogen) atoms. The molecule has 1 saturated carbocycles. The van der Waals surface area contributed by atoms with Crippen molar-refractivity contribution in [1.82, 2.24) is 15.5 Å². The number of methoxy groups -OCH3 is 1. The first-order valence-electron chi connectivity index (χ1n) is 8.94. The lowest BCUT2D eigenvalue weighted by Gasteiger charge is -2.07. The van der Waals surface area contributed by atoms with Gasteiger partial charge in [-0.2, -0.15) is 4.98 Å².